The quantitative estimate of drug-likeness (QED) is 0.573. The lowest BCUT2D eigenvalue weighted by atomic mass is 9.73. The van der Waals surface area contributed by atoms with Crippen molar-refractivity contribution in [3.63, 3.8) is 0 Å². The molecule has 3 fully saturated rings. The molecule has 2 aromatic carbocycles. The number of carboxylic acids is 1. The predicted molar refractivity (Wildman–Crippen MR) is 125 cm³/mol. The normalized spacial score (nSPS) is 22.0. The van der Waals surface area contributed by atoms with Gasteiger partial charge in [0.1, 0.15) is 17.8 Å². The molecule has 0 spiro atoms. The Morgan fingerprint density at radius 2 is 1.74 bits per heavy atom. The van der Waals surface area contributed by atoms with E-state index >= 15 is 0 Å². The van der Waals surface area contributed by atoms with Crippen molar-refractivity contribution in [2.45, 2.75) is 24.3 Å². The molecule has 2 N–H and O–H groups in total. The summed E-state index contributed by atoms with van der Waals surface area (Å²) in [5.74, 6) is -1.21. The van der Waals surface area contributed by atoms with E-state index in [1.807, 2.05) is 36.4 Å². The van der Waals surface area contributed by atoms with Crippen LogP contribution in [0.4, 0.5) is 9.93 Å². The lowest BCUT2D eigenvalue weighted by Gasteiger charge is -2.37. The Morgan fingerprint density at radius 1 is 1.09 bits per heavy atom. The van der Waals surface area contributed by atoms with Gasteiger partial charge in [-0.2, -0.15) is 0 Å². The maximum atomic E-state index is 12.9. The minimum absolute atomic E-state index is 0.0551. The Morgan fingerprint density at radius 3 is 2.38 bits per heavy atom. The number of aromatic nitrogens is 1. The number of benzene rings is 2. The van der Waals surface area contributed by atoms with Gasteiger partial charge < -0.3 is 14.7 Å². The van der Waals surface area contributed by atoms with Crippen LogP contribution < -0.4 is 5.32 Å². The Hall–Kier alpha value is -3.72. The van der Waals surface area contributed by atoms with E-state index in [0.717, 1.165) is 33.6 Å². The molecule has 8 nitrogen and oxygen atoms in total. The molecule has 1 saturated carbocycles. The van der Waals surface area contributed by atoms with Crippen molar-refractivity contribution in [2.24, 2.45) is 5.92 Å². The molecular weight excluding hydrogens is 454 g/mol. The first kappa shape index (κ1) is 20.9. The van der Waals surface area contributed by atoms with Crippen LogP contribution >= 0.6 is 11.3 Å². The molecule has 34 heavy (non-hydrogen) atoms. The van der Waals surface area contributed by atoms with Gasteiger partial charge in [-0.3, -0.25) is 10.1 Å². The van der Waals surface area contributed by atoms with E-state index in [9.17, 15) is 19.5 Å². The first-order chi connectivity index (χ1) is 16.5. The number of hydrogen-bond acceptors (Lipinski definition) is 6. The van der Waals surface area contributed by atoms with Crippen molar-refractivity contribution in [3.05, 3.63) is 70.7 Å². The van der Waals surface area contributed by atoms with Gasteiger partial charge in [-0.25, -0.2) is 14.6 Å². The minimum Gasteiger partial charge on any atom is -0.479 e. The molecule has 3 heterocycles. The highest BCUT2D eigenvalue weighted by Crippen LogP contribution is 2.51. The fourth-order valence-electron chi connectivity index (χ4n) is 5.53. The number of amides is 2. The predicted octanol–water partition coefficient (Wildman–Crippen LogP) is 4.19. The van der Waals surface area contributed by atoms with Crippen molar-refractivity contribution in [1.29, 1.82) is 0 Å². The molecule has 0 unspecified atom stereocenters. The first-order valence-corrected chi connectivity index (χ1v) is 12.0. The zero-order chi connectivity index (χ0) is 23.4. The van der Waals surface area contributed by atoms with E-state index in [2.05, 4.69) is 22.4 Å². The van der Waals surface area contributed by atoms with Crippen LogP contribution in [0.15, 0.2) is 53.9 Å². The van der Waals surface area contributed by atoms with Crippen molar-refractivity contribution in [1.82, 2.24) is 9.88 Å². The summed E-state index contributed by atoms with van der Waals surface area (Å²) in [4.78, 5) is 42.7. The number of carboxylic acid groups (broad SMARTS) is 1. The highest BCUT2D eigenvalue weighted by molar-refractivity contribution is 7.14. The van der Waals surface area contributed by atoms with Gasteiger partial charge in [-0.1, -0.05) is 48.5 Å². The third-order valence-corrected chi connectivity index (χ3v) is 7.89. The average Bonchev–Trinajstić information content (AvgIpc) is 3.57. The molecular formula is C25H21N3O5S. The minimum atomic E-state index is -1.11. The molecule has 1 aromatic heterocycles. The van der Waals surface area contributed by atoms with Crippen LogP contribution in [0.25, 0.3) is 11.1 Å². The number of rotatable bonds is 5. The molecule has 2 saturated heterocycles. The van der Waals surface area contributed by atoms with Crippen molar-refractivity contribution < 1.29 is 24.2 Å². The number of thiazole rings is 1. The number of hydrogen-bond donors (Lipinski definition) is 2. The SMILES string of the molecule is O=C(Nc1nc(C(=O)N2CC3CC2(C(=O)O)C3)cs1)OCC1c2ccccc2-c2ccccc21. The van der Waals surface area contributed by atoms with Gasteiger partial charge >= 0.3 is 12.1 Å². The highest BCUT2D eigenvalue weighted by Gasteiger charge is 2.63. The number of nitrogens with one attached hydrogen (secondary N) is 1. The van der Waals surface area contributed by atoms with E-state index in [0.29, 0.717) is 19.4 Å². The molecule has 2 aliphatic heterocycles. The van der Waals surface area contributed by atoms with Crippen LogP contribution in [-0.2, 0) is 9.53 Å². The Bertz CT molecular complexity index is 1280. The summed E-state index contributed by atoms with van der Waals surface area (Å²) in [5.41, 5.74) is 3.56. The maximum absolute atomic E-state index is 12.9. The van der Waals surface area contributed by atoms with Gasteiger partial charge in [0.25, 0.3) is 5.91 Å². The zero-order valence-electron chi connectivity index (χ0n) is 18.1. The second kappa shape index (κ2) is 7.66. The van der Waals surface area contributed by atoms with E-state index in [1.54, 1.807) is 0 Å². The number of carbonyl (C=O) groups is 3. The number of fused-ring (bicyclic) bond motifs is 4. The van der Waals surface area contributed by atoms with Crippen LogP contribution in [0.1, 0.15) is 40.4 Å². The third-order valence-electron chi connectivity index (χ3n) is 7.13. The molecule has 4 aliphatic rings. The molecule has 7 rings (SSSR count). The van der Waals surface area contributed by atoms with Gasteiger partial charge in [-0.15, -0.1) is 11.3 Å². The second-order valence-corrected chi connectivity index (χ2v) is 9.87. The van der Waals surface area contributed by atoms with Crippen LogP contribution in [0, 0.1) is 5.92 Å². The summed E-state index contributed by atoms with van der Waals surface area (Å²) in [7, 11) is 0. The number of anilines is 1. The molecule has 2 aliphatic carbocycles. The van der Waals surface area contributed by atoms with E-state index < -0.39 is 23.5 Å². The number of carbonyl (C=O) groups excluding carboxylic acids is 2. The summed E-state index contributed by atoms with van der Waals surface area (Å²) in [6, 6.07) is 16.2. The maximum Gasteiger partial charge on any atom is 0.413 e. The number of nitrogens with zero attached hydrogens (tertiary/aromatic N) is 2. The van der Waals surface area contributed by atoms with Crippen LogP contribution in [-0.4, -0.2) is 51.7 Å². The molecule has 172 valence electrons. The monoisotopic (exact) mass is 475 g/mol. The molecule has 9 heteroatoms. The topological polar surface area (TPSA) is 109 Å². The summed E-state index contributed by atoms with van der Waals surface area (Å²) in [6.45, 7) is 0.602. The fourth-order valence-corrected chi connectivity index (χ4v) is 6.20. The molecule has 0 radical (unpaired) electrons. The van der Waals surface area contributed by atoms with Crippen molar-refractivity contribution in [3.8, 4) is 11.1 Å². The van der Waals surface area contributed by atoms with Crippen molar-refractivity contribution in [2.75, 3.05) is 18.5 Å². The molecule has 3 aromatic rings. The smallest absolute Gasteiger partial charge is 0.413 e. The highest BCUT2D eigenvalue weighted by atomic mass is 32.1. The van der Waals surface area contributed by atoms with Crippen LogP contribution in [0.3, 0.4) is 0 Å². The standard InChI is InChI=1S/C25H21N3O5S/c29-21(28-11-14-9-25(28,10-14)22(30)31)20-13-34-23(26-20)27-24(32)33-12-19-17-7-3-1-5-15(17)16-6-2-4-8-18(16)19/h1-8,13-14,19H,9-12H2,(H,30,31)(H,26,27,32). The van der Waals surface area contributed by atoms with Crippen LogP contribution in [0.2, 0.25) is 0 Å². The third kappa shape index (κ3) is 3.11. The summed E-state index contributed by atoms with van der Waals surface area (Å²) < 4.78 is 5.53. The van der Waals surface area contributed by atoms with E-state index in [1.165, 1.54) is 10.3 Å². The average molecular weight is 476 g/mol. The lowest BCUT2D eigenvalue weighted by molar-refractivity contribution is -0.151. The van der Waals surface area contributed by atoms with Gasteiger partial charge in [0.05, 0.1) is 0 Å². The fraction of sp³-hybridized carbons (Fsp3) is 0.280. The van der Waals surface area contributed by atoms with Gasteiger partial charge in [0, 0.05) is 17.8 Å². The number of aliphatic carboxylic acids is 1. The Kier molecular flexibility index (Phi) is 4.70. The van der Waals surface area contributed by atoms with Gasteiger partial charge in [0.2, 0.25) is 0 Å². The van der Waals surface area contributed by atoms with Crippen molar-refractivity contribution >= 4 is 34.4 Å². The Labute approximate surface area is 199 Å². The number of ether oxygens (including phenoxy) is 1. The van der Waals surface area contributed by atoms with E-state index in [-0.39, 0.29) is 29.3 Å². The molecule has 2 amide bonds. The largest absolute Gasteiger partial charge is 0.479 e. The van der Waals surface area contributed by atoms with Gasteiger partial charge in [-0.05, 0) is 41.0 Å². The summed E-state index contributed by atoms with van der Waals surface area (Å²) in [6.07, 6.45) is 0.326. The summed E-state index contributed by atoms with van der Waals surface area (Å²) in [5, 5.41) is 13.9. The first-order valence-electron chi connectivity index (χ1n) is 11.1. The summed E-state index contributed by atoms with van der Waals surface area (Å²) >= 11 is 1.10. The lowest BCUT2D eigenvalue weighted by Crippen LogP contribution is -2.54. The Balaban J connectivity index is 1.11. The van der Waals surface area contributed by atoms with Gasteiger partial charge in [0.15, 0.2) is 5.13 Å². The molecule has 0 atom stereocenters. The molecule has 2 bridgehead atoms. The zero-order valence-corrected chi connectivity index (χ0v) is 18.9. The second-order valence-electron chi connectivity index (χ2n) is 9.02. The van der Waals surface area contributed by atoms with E-state index in [4.69, 9.17) is 4.74 Å². The van der Waals surface area contributed by atoms with Crippen LogP contribution in [0.5, 0.6) is 0 Å².